The Hall–Kier alpha value is -1.29. The molecule has 0 aromatic heterocycles. The minimum Gasteiger partial charge on any atom is -0.542 e. The lowest BCUT2D eigenvalue weighted by atomic mass is 10.1. The van der Waals surface area contributed by atoms with Crippen LogP contribution < -0.4 is 5.73 Å². The van der Waals surface area contributed by atoms with Gasteiger partial charge in [-0.15, -0.1) is 0 Å². The summed E-state index contributed by atoms with van der Waals surface area (Å²) in [5.74, 6) is -0.594. The van der Waals surface area contributed by atoms with Gasteiger partial charge in [0.25, 0.3) is 0 Å². The maximum atomic E-state index is 10.8. The highest BCUT2D eigenvalue weighted by atomic mass is 16.5. The van der Waals surface area contributed by atoms with E-state index >= 15 is 0 Å². The third-order valence-electron chi connectivity index (χ3n) is 1.72. The van der Waals surface area contributed by atoms with E-state index in [9.17, 15) is 4.79 Å². The number of carbonyl (C=O) groups is 1. The van der Waals surface area contributed by atoms with Crippen molar-refractivity contribution in [3.8, 4) is 0 Å². The van der Waals surface area contributed by atoms with Crippen LogP contribution in [0.25, 0.3) is 0 Å². The van der Waals surface area contributed by atoms with Crippen LogP contribution >= 0.6 is 0 Å². The first-order valence-corrected chi connectivity index (χ1v) is 3.94. The van der Waals surface area contributed by atoms with Gasteiger partial charge in [0.05, 0.1) is 0 Å². The van der Waals surface area contributed by atoms with E-state index in [1.165, 1.54) is 0 Å². The molecule has 0 saturated carbocycles. The summed E-state index contributed by atoms with van der Waals surface area (Å²) in [6.45, 7) is 0. The van der Waals surface area contributed by atoms with Gasteiger partial charge in [-0.1, -0.05) is 30.3 Å². The predicted octanol–water partition coefficient (Wildman–Crippen LogP) is 0.183. The molecule has 1 atom stereocenters. The Morgan fingerprint density at radius 3 is 2.62 bits per heavy atom. The Morgan fingerprint density at radius 1 is 1.46 bits per heavy atom. The van der Waals surface area contributed by atoms with Crippen molar-refractivity contribution in [3.63, 3.8) is 0 Å². The second-order valence-corrected chi connectivity index (χ2v) is 2.73. The predicted molar refractivity (Wildman–Crippen MR) is 50.0 cm³/mol. The average molecular weight is 175 g/mol. The lowest BCUT2D eigenvalue weighted by molar-refractivity contribution is -0.135. The molecule has 13 heavy (non-hydrogen) atoms. The summed E-state index contributed by atoms with van der Waals surface area (Å²) in [6.07, 6.45) is 0.441. The molecule has 0 aliphatic rings. The largest absolute Gasteiger partial charge is 0.542 e. The molecule has 0 aliphatic carbocycles. The quantitative estimate of drug-likeness (QED) is 0.666. The number of carbonyl (C=O) groups excluding carboxylic acids is 1. The zero-order valence-corrected chi connectivity index (χ0v) is 7.14. The maximum Gasteiger partial charge on any atom is 0.378 e. The second-order valence-electron chi connectivity index (χ2n) is 2.73. The van der Waals surface area contributed by atoms with Crippen LogP contribution in [0.2, 0.25) is 0 Å². The van der Waals surface area contributed by atoms with Crippen LogP contribution in [0.15, 0.2) is 30.3 Å². The van der Waals surface area contributed by atoms with E-state index in [-0.39, 0.29) is 0 Å². The molecule has 0 aliphatic heterocycles. The lowest BCUT2D eigenvalue weighted by Gasteiger charge is -2.08. The first kappa shape index (κ1) is 9.80. The summed E-state index contributed by atoms with van der Waals surface area (Å²) in [7, 11) is 4.70. The third-order valence-corrected chi connectivity index (χ3v) is 1.72. The number of benzene rings is 1. The maximum absolute atomic E-state index is 10.8. The van der Waals surface area contributed by atoms with Crippen LogP contribution in [-0.4, -0.2) is 20.1 Å². The molecule has 0 heterocycles. The monoisotopic (exact) mass is 175 g/mol. The number of hydrogen-bond donors (Lipinski definition) is 1. The van der Waals surface area contributed by atoms with E-state index < -0.39 is 12.0 Å². The summed E-state index contributed by atoms with van der Waals surface area (Å²) in [5, 5.41) is 0. The van der Waals surface area contributed by atoms with E-state index in [2.05, 4.69) is 4.65 Å². The highest BCUT2D eigenvalue weighted by Gasteiger charge is 2.12. The van der Waals surface area contributed by atoms with Gasteiger partial charge >= 0.3 is 14.0 Å². The van der Waals surface area contributed by atoms with Crippen molar-refractivity contribution >= 4 is 14.0 Å². The molecule has 1 aromatic carbocycles. The van der Waals surface area contributed by atoms with Gasteiger partial charge in [-0.2, -0.15) is 0 Å². The van der Waals surface area contributed by atoms with E-state index in [0.29, 0.717) is 6.42 Å². The lowest BCUT2D eigenvalue weighted by Crippen LogP contribution is -2.33. The molecule has 1 aromatic rings. The molecule has 0 amide bonds. The summed E-state index contributed by atoms with van der Waals surface area (Å²) >= 11 is 0. The van der Waals surface area contributed by atoms with Crippen LogP contribution in [0.3, 0.4) is 0 Å². The highest BCUT2D eigenvalue weighted by molar-refractivity contribution is 6.06. The van der Waals surface area contributed by atoms with Gasteiger partial charge in [-0.25, -0.2) is 0 Å². The molecule has 0 fully saturated rings. The van der Waals surface area contributed by atoms with Gasteiger partial charge in [-0.05, 0) is 12.0 Å². The Bertz CT molecular complexity index is 276. The second kappa shape index (κ2) is 4.67. The molecule has 3 nitrogen and oxygen atoms in total. The zero-order chi connectivity index (χ0) is 9.68. The molecule has 4 heteroatoms. The molecule has 2 N–H and O–H groups in total. The topological polar surface area (TPSA) is 52.3 Å². The van der Waals surface area contributed by atoms with Crippen molar-refractivity contribution in [2.75, 3.05) is 0 Å². The molecule has 1 rings (SSSR count). The minimum atomic E-state index is -0.688. The van der Waals surface area contributed by atoms with Crippen LogP contribution in [0, 0.1) is 0 Å². The van der Waals surface area contributed by atoms with Crippen molar-refractivity contribution in [2.24, 2.45) is 5.73 Å². The van der Waals surface area contributed by atoms with E-state index in [4.69, 9.17) is 13.8 Å². The summed E-state index contributed by atoms with van der Waals surface area (Å²) in [4.78, 5) is 10.8. The summed E-state index contributed by atoms with van der Waals surface area (Å²) in [5.41, 5.74) is 6.49. The average Bonchev–Trinajstić information content (AvgIpc) is 2.18. The SMILES string of the molecule is [B]OC(=O)C(N)Cc1ccccc1. The Balaban J connectivity index is 2.55. The molecule has 2 radical (unpaired) electrons. The molecule has 66 valence electrons. The van der Waals surface area contributed by atoms with E-state index in [1.54, 1.807) is 0 Å². The van der Waals surface area contributed by atoms with Crippen LogP contribution in [-0.2, 0) is 15.9 Å². The number of hydrogen-bond acceptors (Lipinski definition) is 3. The normalized spacial score (nSPS) is 12.1. The van der Waals surface area contributed by atoms with Crippen LogP contribution in [0.1, 0.15) is 5.56 Å². The molecule has 0 spiro atoms. The van der Waals surface area contributed by atoms with E-state index in [0.717, 1.165) is 5.56 Å². The van der Waals surface area contributed by atoms with E-state index in [1.807, 2.05) is 30.3 Å². The summed E-state index contributed by atoms with van der Waals surface area (Å²) in [6, 6.07) is 8.77. The molecule has 1 unspecified atom stereocenters. The van der Waals surface area contributed by atoms with Crippen LogP contribution in [0.4, 0.5) is 0 Å². The van der Waals surface area contributed by atoms with Crippen molar-refractivity contribution in [2.45, 2.75) is 12.5 Å². The molecular weight excluding hydrogens is 165 g/mol. The molecular formula is C9H10BNO2. The van der Waals surface area contributed by atoms with Crippen LogP contribution in [0.5, 0.6) is 0 Å². The van der Waals surface area contributed by atoms with Gasteiger partial charge in [0, 0.05) is 0 Å². The highest BCUT2D eigenvalue weighted by Crippen LogP contribution is 2.02. The van der Waals surface area contributed by atoms with Crippen molar-refractivity contribution in [1.29, 1.82) is 0 Å². The van der Waals surface area contributed by atoms with Gasteiger partial charge in [0.1, 0.15) is 6.04 Å². The van der Waals surface area contributed by atoms with Gasteiger partial charge < -0.3 is 10.4 Å². The Labute approximate surface area is 78.3 Å². The van der Waals surface area contributed by atoms with Gasteiger partial charge in [-0.3, -0.25) is 4.79 Å². The van der Waals surface area contributed by atoms with Crippen molar-refractivity contribution in [3.05, 3.63) is 35.9 Å². The van der Waals surface area contributed by atoms with Crippen molar-refractivity contribution in [1.82, 2.24) is 0 Å². The first-order valence-electron chi connectivity index (χ1n) is 3.94. The number of nitrogens with two attached hydrogens (primary N) is 1. The Kier molecular flexibility index (Phi) is 3.52. The Morgan fingerprint density at radius 2 is 2.08 bits per heavy atom. The third kappa shape index (κ3) is 2.91. The molecule has 0 bridgehead atoms. The van der Waals surface area contributed by atoms with Gasteiger partial charge in [0.2, 0.25) is 0 Å². The molecule has 0 saturated heterocycles. The van der Waals surface area contributed by atoms with Gasteiger partial charge in [0.15, 0.2) is 0 Å². The summed E-state index contributed by atoms with van der Waals surface area (Å²) < 4.78 is 4.02. The minimum absolute atomic E-state index is 0.441. The van der Waals surface area contributed by atoms with Crippen molar-refractivity contribution < 1.29 is 9.45 Å². The zero-order valence-electron chi connectivity index (χ0n) is 7.14. The number of rotatable bonds is 3. The standard InChI is InChI=1S/C9H10BNO2/c10-13-9(12)8(11)6-7-4-2-1-3-5-7/h1-5,8H,6,11H2. The first-order chi connectivity index (χ1) is 6.24. The fourth-order valence-corrected chi connectivity index (χ4v) is 1.04. The fourth-order valence-electron chi connectivity index (χ4n) is 1.04. The smallest absolute Gasteiger partial charge is 0.378 e. The fraction of sp³-hybridized carbons (Fsp3) is 0.222.